The van der Waals surface area contributed by atoms with Crippen molar-refractivity contribution in [3.8, 4) is 5.69 Å². The third kappa shape index (κ3) is 4.53. The Balaban J connectivity index is 1.30. The third-order valence-electron chi connectivity index (χ3n) is 7.75. The molecule has 14 heteroatoms. The molecule has 2 aromatic heterocycles. The van der Waals surface area contributed by atoms with Crippen LogP contribution in [0.25, 0.3) is 5.69 Å². The van der Waals surface area contributed by atoms with E-state index in [1.807, 2.05) is 4.57 Å². The van der Waals surface area contributed by atoms with Crippen molar-refractivity contribution in [2.45, 2.75) is 49.7 Å². The van der Waals surface area contributed by atoms with E-state index in [2.05, 4.69) is 15.2 Å². The molecule has 3 aliphatic heterocycles. The highest BCUT2D eigenvalue weighted by molar-refractivity contribution is 6.30. The van der Waals surface area contributed by atoms with Crippen molar-refractivity contribution in [2.75, 3.05) is 31.2 Å². The van der Waals surface area contributed by atoms with Crippen LogP contribution in [0.5, 0.6) is 0 Å². The zero-order chi connectivity index (χ0) is 27.6. The van der Waals surface area contributed by atoms with E-state index in [0.29, 0.717) is 53.9 Å². The lowest BCUT2D eigenvalue weighted by molar-refractivity contribution is -0.310. The lowest BCUT2D eigenvalue weighted by atomic mass is 9.93. The van der Waals surface area contributed by atoms with Crippen LogP contribution >= 0.6 is 11.6 Å². The minimum absolute atomic E-state index is 0.00121. The summed E-state index contributed by atoms with van der Waals surface area (Å²) in [6, 6.07) is 8.92. The van der Waals surface area contributed by atoms with Gasteiger partial charge in [0.15, 0.2) is 11.4 Å². The van der Waals surface area contributed by atoms with Gasteiger partial charge in [-0.3, -0.25) is 9.47 Å². The van der Waals surface area contributed by atoms with E-state index >= 15 is 0 Å². The Kier molecular flexibility index (Phi) is 6.31. The maximum absolute atomic E-state index is 14.2. The number of pyridine rings is 1. The van der Waals surface area contributed by atoms with Crippen LogP contribution < -0.4 is 4.90 Å². The number of fused-ring (bicyclic) bond motifs is 3. The summed E-state index contributed by atoms with van der Waals surface area (Å²) in [5.41, 5.74) is -1.80. The molecule has 5 heterocycles. The topological polar surface area (TPSA) is 59.3 Å². The summed E-state index contributed by atoms with van der Waals surface area (Å²) in [5.74, 6) is 1.13. The number of hydrogen-bond donors (Lipinski definition) is 0. The minimum atomic E-state index is -4.53. The first-order valence-corrected chi connectivity index (χ1v) is 12.8. The summed E-state index contributed by atoms with van der Waals surface area (Å²) in [5, 5.41) is 9.12. The Morgan fingerprint density at radius 2 is 1.69 bits per heavy atom. The highest BCUT2D eigenvalue weighted by Gasteiger charge is 2.64. The van der Waals surface area contributed by atoms with Gasteiger partial charge in [0, 0.05) is 30.6 Å². The summed E-state index contributed by atoms with van der Waals surface area (Å²) >= 11 is 6.24. The fraction of sp³-hybridized carbons (Fsp3) is 0.480. The molecule has 0 bridgehead atoms. The molecule has 7 nitrogen and oxygen atoms in total. The predicted octanol–water partition coefficient (Wildman–Crippen LogP) is 5.37. The van der Waals surface area contributed by atoms with Crippen molar-refractivity contribution in [2.24, 2.45) is 0 Å². The standard InChI is InChI=1S/C25H23ClF6N6O/c26-17-4-5-18-16(10-17)11-37(23(13-39-14-23)25(30,31)32)12-21-34-35-22(38(18)21)15-6-8-36(9-7-15)20-3-1-2-19(33-20)24(27,28)29/h1-5,10,15H,6-9,11-14H2. The molecule has 0 aliphatic carbocycles. The van der Waals surface area contributed by atoms with Gasteiger partial charge in [-0.1, -0.05) is 17.7 Å². The highest BCUT2D eigenvalue weighted by Crippen LogP contribution is 2.44. The fourth-order valence-electron chi connectivity index (χ4n) is 5.54. The van der Waals surface area contributed by atoms with Gasteiger partial charge in [-0.15, -0.1) is 10.2 Å². The van der Waals surface area contributed by atoms with Gasteiger partial charge >= 0.3 is 12.4 Å². The van der Waals surface area contributed by atoms with Crippen molar-refractivity contribution in [1.29, 1.82) is 0 Å². The van der Waals surface area contributed by atoms with Crippen molar-refractivity contribution in [3.05, 3.63) is 64.3 Å². The molecule has 0 N–H and O–H groups in total. The monoisotopic (exact) mass is 572 g/mol. The largest absolute Gasteiger partial charge is 0.433 e. The molecule has 0 spiro atoms. The number of anilines is 1. The maximum atomic E-state index is 14.2. The minimum Gasteiger partial charge on any atom is -0.377 e. The predicted molar refractivity (Wildman–Crippen MR) is 129 cm³/mol. The molecule has 6 rings (SSSR count). The molecule has 39 heavy (non-hydrogen) atoms. The molecule has 0 unspecified atom stereocenters. The smallest absolute Gasteiger partial charge is 0.377 e. The molecule has 0 amide bonds. The molecule has 1 aromatic carbocycles. The van der Waals surface area contributed by atoms with Gasteiger partial charge in [-0.05, 0) is 48.7 Å². The summed E-state index contributed by atoms with van der Waals surface area (Å²) in [6.45, 7) is -0.133. The van der Waals surface area contributed by atoms with E-state index in [-0.39, 0.29) is 24.8 Å². The van der Waals surface area contributed by atoms with E-state index in [1.165, 1.54) is 11.0 Å². The van der Waals surface area contributed by atoms with E-state index in [0.717, 1.165) is 6.07 Å². The zero-order valence-corrected chi connectivity index (χ0v) is 21.2. The number of piperidine rings is 1. The Bertz CT molecular complexity index is 1380. The van der Waals surface area contributed by atoms with Gasteiger partial charge < -0.3 is 9.64 Å². The van der Waals surface area contributed by atoms with Crippen LogP contribution in [0.3, 0.4) is 0 Å². The summed E-state index contributed by atoms with van der Waals surface area (Å²) < 4.78 is 88.9. The normalized spacial score (nSPS) is 20.2. The summed E-state index contributed by atoms with van der Waals surface area (Å²) in [7, 11) is 0. The van der Waals surface area contributed by atoms with Gasteiger partial charge in [0.05, 0.1) is 25.4 Å². The van der Waals surface area contributed by atoms with Crippen LogP contribution in [0.15, 0.2) is 36.4 Å². The number of aromatic nitrogens is 4. The number of rotatable bonds is 3. The van der Waals surface area contributed by atoms with E-state index in [4.69, 9.17) is 16.3 Å². The van der Waals surface area contributed by atoms with Crippen LogP contribution in [0.1, 0.15) is 41.7 Å². The zero-order valence-electron chi connectivity index (χ0n) is 20.4. The fourth-order valence-corrected chi connectivity index (χ4v) is 5.73. The SMILES string of the molecule is FC(F)(F)c1cccc(N2CCC(c3nnc4n3-c3ccc(Cl)cc3CN(C3(C(F)(F)F)COC3)C4)CC2)n1. The number of nitrogens with zero attached hydrogens (tertiary/aromatic N) is 6. The third-order valence-corrected chi connectivity index (χ3v) is 7.99. The van der Waals surface area contributed by atoms with Gasteiger partial charge in [-0.2, -0.15) is 26.3 Å². The number of hydrogen-bond acceptors (Lipinski definition) is 6. The molecule has 2 saturated heterocycles. The lowest BCUT2D eigenvalue weighted by Gasteiger charge is -2.49. The molecule has 2 fully saturated rings. The first kappa shape index (κ1) is 26.3. The average Bonchev–Trinajstić information content (AvgIpc) is 3.18. The van der Waals surface area contributed by atoms with Crippen LogP contribution in [-0.4, -0.2) is 62.7 Å². The van der Waals surface area contributed by atoms with Gasteiger partial charge in [0.25, 0.3) is 0 Å². The second kappa shape index (κ2) is 9.34. The average molecular weight is 573 g/mol. The van der Waals surface area contributed by atoms with Crippen LogP contribution in [-0.2, 0) is 24.0 Å². The van der Waals surface area contributed by atoms with Gasteiger partial charge in [-0.25, -0.2) is 4.98 Å². The molecule has 0 atom stereocenters. The number of ether oxygens (including phenoxy) is 1. The van der Waals surface area contributed by atoms with E-state index < -0.39 is 36.8 Å². The quantitative estimate of drug-likeness (QED) is 0.394. The molecular formula is C25H23ClF6N6O. The summed E-state index contributed by atoms with van der Waals surface area (Å²) in [4.78, 5) is 6.92. The molecular weight excluding hydrogens is 550 g/mol. The van der Waals surface area contributed by atoms with E-state index in [1.54, 1.807) is 29.2 Å². The molecule has 3 aliphatic rings. The Labute approximate surface area is 224 Å². The molecule has 3 aromatic rings. The lowest BCUT2D eigenvalue weighted by Crippen LogP contribution is -2.69. The molecule has 208 valence electrons. The first-order valence-electron chi connectivity index (χ1n) is 12.4. The summed E-state index contributed by atoms with van der Waals surface area (Å²) in [6.07, 6.45) is -7.92. The molecule has 0 saturated carbocycles. The second-order valence-corrected chi connectivity index (χ2v) is 10.5. The number of alkyl halides is 6. The number of benzene rings is 1. The van der Waals surface area contributed by atoms with Crippen LogP contribution in [0.2, 0.25) is 5.02 Å². The van der Waals surface area contributed by atoms with E-state index in [9.17, 15) is 26.3 Å². The highest BCUT2D eigenvalue weighted by atomic mass is 35.5. The Morgan fingerprint density at radius 1 is 0.949 bits per heavy atom. The van der Waals surface area contributed by atoms with Crippen molar-refractivity contribution >= 4 is 17.4 Å². The van der Waals surface area contributed by atoms with Crippen molar-refractivity contribution in [3.63, 3.8) is 0 Å². The second-order valence-electron chi connectivity index (χ2n) is 10.1. The van der Waals surface area contributed by atoms with Crippen molar-refractivity contribution in [1.82, 2.24) is 24.6 Å². The van der Waals surface area contributed by atoms with Crippen LogP contribution in [0.4, 0.5) is 32.2 Å². The Morgan fingerprint density at radius 3 is 2.33 bits per heavy atom. The maximum Gasteiger partial charge on any atom is 0.433 e. The van der Waals surface area contributed by atoms with Crippen molar-refractivity contribution < 1.29 is 31.1 Å². The van der Waals surface area contributed by atoms with Crippen LogP contribution in [0, 0.1) is 0 Å². The van der Waals surface area contributed by atoms with Gasteiger partial charge in [0.2, 0.25) is 0 Å². The number of halogens is 7. The first-order chi connectivity index (χ1) is 18.5. The van der Waals surface area contributed by atoms with Gasteiger partial charge in [0.1, 0.15) is 17.3 Å². The Hall–Kier alpha value is -2.90. The molecule has 0 radical (unpaired) electrons.